The van der Waals surface area contributed by atoms with Crippen molar-refractivity contribution in [3.05, 3.63) is 24.0 Å². The number of nitrogens with zero attached hydrogens (tertiary/aromatic N) is 1. The molecule has 1 amide bonds. The molecule has 0 saturated heterocycles. The first-order chi connectivity index (χ1) is 8.15. The molecule has 1 heterocycles. The second kappa shape index (κ2) is 6.47. The Bertz CT molecular complexity index is 406. The van der Waals surface area contributed by atoms with Gasteiger partial charge in [0.1, 0.15) is 5.56 Å². The molecule has 6 heteroatoms. The molecule has 17 heavy (non-hydrogen) atoms. The fraction of sp³-hybridized carbons (Fsp3) is 0.364. The molecule has 0 saturated carbocycles. The first-order valence-corrected chi connectivity index (χ1v) is 5.16. The normalized spacial score (nSPS) is 9.71. The highest BCUT2D eigenvalue weighted by Gasteiger charge is 2.10. The van der Waals surface area contributed by atoms with Gasteiger partial charge in [0, 0.05) is 19.7 Å². The van der Waals surface area contributed by atoms with Gasteiger partial charge in [-0.2, -0.15) is 0 Å². The van der Waals surface area contributed by atoms with Crippen LogP contribution in [0.25, 0.3) is 0 Å². The Morgan fingerprint density at radius 3 is 2.94 bits per heavy atom. The first kappa shape index (κ1) is 13.0. The number of aromatic carboxylic acids is 1. The summed E-state index contributed by atoms with van der Waals surface area (Å²) in [5.41, 5.74) is 0.0694. The van der Waals surface area contributed by atoms with Crippen LogP contribution < -0.4 is 10.1 Å². The van der Waals surface area contributed by atoms with E-state index in [0.29, 0.717) is 12.8 Å². The number of hydrogen-bond donors (Lipinski definition) is 2. The maximum absolute atomic E-state index is 10.9. The van der Waals surface area contributed by atoms with Gasteiger partial charge in [-0.3, -0.25) is 9.78 Å². The van der Waals surface area contributed by atoms with Gasteiger partial charge in [-0.1, -0.05) is 0 Å². The van der Waals surface area contributed by atoms with Crippen molar-refractivity contribution >= 4 is 11.9 Å². The fourth-order valence-corrected chi connectivity index (χ4v) is 1.21. The zero-order valence-electron chi connectivity index (χ0n) is 9.47. The molecule has 0 radical (unpaired) electrons. The molecule has 2 N–H and O–H groups in total. The summed E-state index contributed by atoms with van der Waals surface area (Å²) in [5.74, 6) is -0.913. The molecule has 0 bridgehead atoms. The molecule has 0 aliphatic carbocycles. The fourth-order valence-electron chi connectivity index (χ4n) is 1.21. The summed E-state index contributed by atoms with van der Waals surface area (Å²) >= 11 is 0. The standard InChI is InChI=1S/C11H14N2O4/c1-12-10(14)3-2-6-17-9-7-13-5-4-8(9)11(15)16/h4-5,7H,2-3,6H2,1H3,(H,12,14)(H,15,16). The lowest BCUT2D eigenvalue weighted by Crippen LogP contribution is -2.18. The van der Waals surface area contributed by atoms with Crippen LogP contribution in [0.15, 0.2) is 18.5 Å². The van der Waals surface area contributed by atoms with E-state index in [0.717, 1.165) is 0 Å². The van der Waals surface area contributed by atoms with Crippen LogP contribution in [0.4, 0.5) is 0 Å². The average molecular weight is 238 g/mol. The maximum atomic E-state index is 10.9. The smallest absolute Gasteiger partial charge is 0.339 e. The molecule has 0 aliphatic heterocycles. The van der Waals surface area contributed by atoms with Gasteiger partial charge < -0.3 is 15.2 Å². The highest BCUT2D eigenvalue weighted by molar-refractivity contribution is 5.90. The predicted molar refractivity (Wildman–Crippen MR) is 60.0 cm³/mol. The lowest BCUT2D eigenvalue weighted by atomic mass is 10.2. The number of amides is 1. The van der Waals surface area contributed by atoms with Crippen LogP contribution in [0.1, 0.15) is 23.2 Å². The van der Waals surface area contributed by atoms with Crippen molar-refractivity contribution in [1.82, 2.24) is 10.3 Å². The number of nitrogens with one attached hydrogen (secondary N) is 1. The van der Waals surface area contributed by atoms with Crippen molar-refractivity contribution in [3.63, 3.8) is 0 Å². The van der Waals surface area contributed by atoms with E-state index < -0.39 is 5.97 Å². The van der Waals surface area contributed by atoms with Crippen LogP contribution in [-0.4, -0.2) is 35.6 Å². The van der Waals surface area contributed by atoms with Crippen LogP contribution in [-0.2, 0) is 4.79 Å². The molecule has 1 aromatic rings. The summed E-state index contributed by atoms with van der Waals surface area (Å²) < 4.78 is 5.27. The number of ether oxygens (including phenoxy) is 1. The second-order valence-electron chi connectivity index (χ2n) is 3.30. The third kappa shape index (κ3) is 4.10. The van der Waals surface area contributed by atoms with Crippen molar-refractivity contribution in [2.24, 2.45) is 0 Å². The highest BCUT2D eigenvalue weighted by Crippen LogP contribution is 2.16. The van der Waals surface area contributed by atoms with Gasteiger partial charge in [-0.15, -0.1) is 0 Å². The number of carbonyl (C=O) groups is 2. The molecule has 0 spiro atoms. The lowest BCUT2D eigenvalue weighted by molar-refractivity contribution is -0.120. The van der Waals surface area contributed by atoms with E-state index in [1.54, 1.807) is 7.05 Å². The number of rotatable bonds is 6. The second-order valence-corrected chi connectivity index (χ2v) is 3.30. The summed E-state index contributed by atoms with van der Waals surface area (Å²) in [5, 5.41) is 11.4. The number of carbonyl (C=O) groups excluding carboxylic acids is 1. The molecule has 0 unspecified atom stereocenters. The Kier molecular flexibility index (Phi) is 4.93. The Morgan fingerprint density at radius 2 is 2.29 bits per heavy atom. The van der Waals surface area contributed by atoms with Gasteiger partial charge in [0.25, 0.3) is 0 Å². The lowest BCUT2D eigenvalue weighted by Gasteiger charge is -2.07. The van der Waals surface area contributed by atoms with Gasteiger partial charge in [-0.25, -0.2) is 4.79 Å². The molecule has 6 nitrogen and oxygen atoms in total. The summed E-state index contributed by atoms with van der Waals surface area (Å²) in [6.45, 7) is 0.277. The van der Waals surface area contributed by atoms with E-state index in [2.05, 4.69) is 10.3 Å². The van der Waals surface area contributed by atoms with E-state index in [-0.39, 0.29) is 23.8 Å². The maximum Gasteiger partial charge on any atom is 0.339 e. The number of pyridine rings is 1. The number of carboxylic acids is 1. The van der Waals surface area contributed by atoms with Gasteiger partial charge >= 0.3 is 5.97 Å². The quantitative estimate of drug-likeness (QED) is 0.711. The Labute approximate surface area is 98.6 Å². The summed E-state index contributed by atoms with van der Waals surface area (Å²) in [6.07, 6.45) is 3.61. The molecular formula is C11H14N2O4. The SMILES string of the molecule is CNC(=O)CCCOc1cnccc1C(=O)O. The van der Waals surface area contributed by atoms with Crippen LogP contribution in [0, 0.1) is 0 Å². The number of aromatic nitrogens is 1. The zero-order valence-corrected chi connectivity index (χ0v) is 9.47. The van der Waals surface area contributed by atoms with Crippen molar-refractivity contribution in [1.29, 1.82) is 0 Å². The topological polar surface area (TPSA) is 88.5 Å². The predicted octanol–water partition coefficient (Wildman–Crippen LogP) is 0.685. The average Bonchev–Trinajstić information content (AvgIpc) is 2.34. The van der Waals surface area contributed by atoms with Crippen LogP contribution in [0.3, 0.4) is 0 Å². The zero-order chi connectivity index (χ0) is 12.7. The van der Waals surface area contributed by atoms with Crippen LogP contribution in [0.2, 0.25) is 0 Å². The Hall–Kier alpha value is -2.11. The van der Waals surface area contributed by atoms with E-state index in [1.165, 1.54) is 18.5 Å². The van der Waals surface area contributed by atoms with E-state index in [4.69, 9.17) is 9.84 Å². The van der Waals surface area contributed by atoms with Gasteiger partial charge in [0.15, 0.2) is 5.75 Å². The van der Waals surface area contributed by atoms with Crippen LogP contribution in [0.5, 0.6) is 5.75 Å². The Morgan fingerprint density at radius 1 is 1.53 bits per heavy atom. The minimum absolute atomic E-state index is 0.0694. The van der Waals surface area contributed by atoms with Gasteiger partial charge in [-0.05, 0) is 12.5 Å². The molecule has 1 rings (SSSR count). The molecule has 0 aromatic carbocycles. The first-order valence-electron chi connectivity index (χ1n) is 5.16. The largest absolute Gasteiger partial charge is 0.491 e. The van der Waals surface area contributed by atoms with Crippen molar-refractivity contribution < 1.29 is 19.4 Å². The molecule has 0 fully saturated rings. The van der Waals surface area contributed by atoms with Gasteiger partial charge in [0.05, 0.1) is 12.8 Å². The van der Waals surface area contributed by atoms with Crippen LogP contribution >= 0.6 is 0 Å². The molecule has 92 valence electrons. The third-order valence-corrected chi connectivity index (χ3v) is 2.10. The van der Waals surface area contributed by atoms with Crippen molar-refractivity contribution in [2.75, 3.05) is 13.7 Å². The van der Waals surface area contributed by atoms with E-state index in [1.807, 2.05) is 0 Å². The van der Waals surface area contributed by atoms with E-state index in [9.17, 15) is 9.59 Å². The summed E-state index contributed by atoms with van der Waals surface area (Å²) in [4.78, 5) is 25.6. The minimum atomic E-state index is -1.06. The number of carboxylic acid groups (broad SMARTS) is 1. The van der Waals surface area contributed by atoms with E-state index >= 15 is 0 Å². The summed E-state index contributed by atoms with van der Waals surface area (Å²) in [6, 6.07) is 1.37. The van der Waals surface area contributed by atoms with Gasteiger partial charge in [0.2, 0.25) is 5.91 Å². The molecular weight excluding hydrogens is 224 g/mol. The molecule has 0 aliphatic rings. The Balaban J connectivity index is 2.46. The molecule has 1 aromatic heterocycles. The van der Waals surface area contributed by atoms with Crippen molar-refractivity contribution in [2.45, 2.75) is 12.8 Å². The highest BCUT2D eigenvalue weighted by atomic mass is 16.5. The monoisotopic (exact) mass is 238 g/mol. The third-order valence-electron chi connectivity index (χ3n) is 2.10. The minimum Gasteiger partial charge on any atom is -0.491 e. The summed E-state index contributed by atoms with van der Waals surface area (Å²) in [7, 11) is 1.56. The molecule has 0 atom stereocenters. The number of hydrogen-bond acceptors (Lipinski definition) is 4. The van der Waals surface area contributed by atoms with Crippen molar-refractivity contribution in [3.8, 4) is 5.75 Å².